The number of rotatable bonds is 7. The molecule has 0 radical (unpaired) electrons. The van der Waals surface area contributed by atoms with Gasteiger partial charge < -0.3 is 9.88 Å². The third-order valence-corrected chi connectivity index (χ3v) is 3.77. The number of imidazole rings is 1. The molecule has 1 heterocycles. The molecule has 0 bridgehead atoms. The quantitative estimate of drug-likeness (QED) is 0.753. The minimum atomic E-state index is 0.826. The van der Waals surface area contributed by atoms with Crippen LogP contribution in [0.3, 0.4) is 0 Å². The highest BCUT2D eigenvalue weighted by molar-refractivity contribution is 5.16. The van der Waals surface area contributed by atoms with Crippen molar-refractivity contribution in [3.05, 3.63) is 17.7 Å². The first kappa shape index (κ1) is 13.6. The highest BCUT2D eigenvalue weighted by atomic mass is 15.1. The van der Waals surface area contributed by atoms with E-state index in [1.54, 1.807) is 0 Å². The summed E-state index contributed by atoms with van der Waals surface area (Å²) in [5, 5.41) is 3.54. The second-order valence-corrected chi connectivity index (χ2v) is 5.82. The van der Waals surface area contributed by atoms with Gasteiger partial charge in [0.2, 0.25) is 0 Å². The van der Waals surface area contributed by atoms with Gasteiger partial charge in [-0.25, -0.2) is 4.98 Å². The zero-order valence-corrected chi connectivity index (χ0v) is 11.9. The molecule has 0 saturated heterocycles. The number of hydrogen-bond acceptors (Lipinski definition) is 2. The predicted octanol–water partition coefficient (Wildman–Crippen LogP) is 2.79. The minimum absolute atomic E-state index is 0.826. The predicted molar refractivity (Wildman–Crippen MR) is 75.8 cm³/mol. The molecule has 0 atom stereocenters. The number of aromatic nitrogens is 2. The van der Waals surface area contributed by atoms with Crippen LogP contribution in [0.5, 0.6) is 0 Å². The molecule has 3 nitrogen and oxygen atoms in total. The van der Waals surface area contributed by atoms with Gasteiger partial charge in [0.25, 0.3) is 0 Å². The van der Waals surface area contributed by atoms with E-state index in [0.717, 1.165) is 25.6 Å². The monoisotopic (exact) mass is 249 g/mol. The molecule has 1 aromatic rings. The lowest BCUT2D eigenvalue weighted by Crippen LogP contribution is -2.22. The molecule has 0 amide bonds. The molecule has 3 heteroatoms. The summed E-state index contributed by atoms with van der Waals surface area (Å²) >= 11 is 0. The SMILES string of the molecule is CC(C)CCCNCCn1cnc2c1CCCC2. The van der Waals surface area contributed by atoms with Crippen LogP contribution < -0.4 is 5.32 Å². The Bertz CT molecular complexity index is 355. The third kappa shape index (κ3) is 3.84. The van der Waals surface area contributed by atoms with E-state index >= 15 is 0 Å². The standard InChI is InChI=1S/C15H27N3/c1-13(2)6-5-9-16-10-11-18-12-17-14-7-3-4-8-15(14)18/h12-13,16H,3-11H2,1-2H3. The van der Waals surface area contributed by atoms with Crippen molar-refractivity contribution in [3.8, 4) is 0 Å². The largest absolute Gasteiger partial charge is 0.333 e. The second-order valence-electron chi connectivity index (χ2n) is 5.82. The average molecular weight is 249 g/mol. The normalized spacial score (nSPS) is 15.1. The molecule has 2 rings (SSSR count). The van der Waals surface area contributed by atoms with Gasteiger partial charge in [-0.1, -0.05) is 13.8 Å². The van der Waals surface area contributed by atoms with Crippen molar-refractivity contribution in [1.82, 2.24) is 14.9 Å². The van der Waals surface area contributed by atoms with Crippen LogP contribution in [-0.2, 0) is 19.4 Å². The molecule has 1 aliphatic carbocycles. The van der Waals surface area contributed by atoms with E-state index in [0.29, 0.717) is 0 Å². The molecule has 0 aromatic carbocycles. The molecule has 18 heavy (non-hydrogen) atoms. The van der Waals surface area contributed by atoms with Crippen LogP contribution in [-0.4, -0.2) is 22.6 Å². The van der Waals surface area contributed by atoms with Gasteiger partial charge >= 0.3 is 0 Å². The fourth-order valence-corrected chi connectivity index (χ4v) is 2.68. The van der Waals surface area contributed by atoms with Crippen LogP contribution in [0, 0.1) is 5.92 Å². The van der Waals surface area contributed by atoms with E-state index in [9.17, 15) is 0 Å². The first-order chi connectivity index (χ1) is 8.77. The first-order valence-corrected chi connectivity index (χ1v) is 7.51. The fourth-order valence-electron chi connectivity index (χ4n) is 2.68. The molecule has 1 aromatic heterocycles. The van der Waals surface area contributed by atoms with Crippen molar-refractivity contribution in [3.63, 3.8) is 0 Å². The van der Waals surface area contributed by atoms with Gasteiger partial charge in [0, 0.05) is 18.8 Å². The maximum atomic E-state index is 4.53. The van der Waals surface area contributed by atoms with Crippen molar-refractivity contribution in [2.75, 3.05) is 13.1 Å². The summed E-state index contributed by atoms with van der Waals surface area (Å²) in [5.41, 5.74) is 2.84. The molecule has 102 valence electrons. The van der Waals surface area contributed by atoms with Crippen LogP contribution in [0.4, 0.5) is 0 Å². The lowest BCUT2D eigenvalue weighted by Gasteiger charge is -2.14. The molecule has 0 aliphatic heterocycles. The van der Waals surface area contributed by atoms with E-state index in [-0.39, 0.29) is 0 Å². The van der Waals surface area contributed by atoms with Crippen LogP contribution in [0.15, 0.2) is 6.33 Å². The molecule has 0 unspecified atom stereocenters. The Kier molecular flexibility index (Phi) is 5.24. The Hall–Kier alpha value is -0.830. The topological polar surface area (TPSA) is 29.9 Å². The van der Waals surface area contributed by atoms with Gasteiger partial charge in [0.05, 0.1) is 12.0 Å². The maximum absolute atomic E-state index is 4.53. The van der Waals surface area contributed by atoms with Crippen molar-refractivity contribution >= 4 is 0 Å². The van der Waals surface area contributed by atoms with Gasteiger partial charge in [0.15, 0.2) is 0 Å². The molecular weight excluding hydrogens is 222 g/mol. The number of nitrogens with zero attached hydrogens (tertiary/aromatic N) is 2. The smallest absolute Gasteiger partial charge is 0.0952 e. The summed E-state index contributed by atoms with van der Waals surface area (Å²) in [7, 11) is 0. The lowest BCUT2D eigenvalue weighted by atomic mass is 10.0. The van der Waals surface area contributed by atoms with Crippen LogP contribution >= 0.6 is 0 Å². The third-order valence-electron chi connectivity index (χ3n) is 3.77. The van der Waals surface area contributed by atoms with Crippen molar-refractivity contribution in [2.24, 2.45) is 5.92 Å². The van der Waals surface area contributed by atoms with Gasteiger partial charge in [-0.2, -0.15) is 0 Å². The second kappa shape index (κ2) is 6.93. The lowest BCUT2D eigenvalue weighted by molar-refractivity contribution is 0.509. The van der Waals surface area contributed by atoms with Gasteiger partial charge in [-0.05, 0) is 51.0 Å². The summed E-state index contributed by atoms with van der Waals surface area (Å²) in [6.45, 7) is 7.87. The van der Waals surface area contributed by atoms with Crippen LogP contribution in [0.1, 0.15) is 50.9 Å². The van der Waals surface area contributed by atoms with E-state index in [4.69, 9.17) is 0 Å². The number of aryl methyl sites for hydroxylation is 1. The van der Waals surface area contributed by atoms with E-state index in [2.05, 4.69) is 28.7 Å². The summed E-state index contributed by atoms with van der Waals surface area (Å²) in [6.07, 6.45) is 9.71. The van der Waals surface area contributed by atoms with Crippen LogP contribution in [0.2, 0.25) is 0 Å². The zero-order valence-electron chi connectivity index (χ0n) is 11.9. The summed E-state index contributed by atoms with van der Waals surface area (Å²) in [6, 6.07) is 0. The number of fused-ring (bicyclic) bond motifs is 1. The Morgan fingerprint density at radius 2 is 2.11 bits per heavy atom. The Labute approximate surface area is 111 Å². The van der Waals surface area contributed by atoms with Crippen molar-refractivity contribution in [2.45, 2.75) is 58.9 Å². The molecular formula is C15H27N3. The number of nitrogens with one attached hydrogen (secondary N) is 1. The highest BCUT2D eigenvalue weighted by Gasteiger charge is 2.14. The van der Waals surface area contributed by atoms with Crippen molar-refractivity contribution < 1.29 is 0 Å². The Morgan fingerprint density at radius 1 is 1.28 bits per heavy atom. The first-order valence-electron chi connectivity index (χ1n) is 7.51. The summed E-state index contributed by atoms with van der Waals surface area (Å²) < 4.78 is 2.35. The van der Waals surface area contributed by atoms with E-state index in [1.807, 2.05) is 6.33 Å². The van der Waals surface area contributed by atoms with Crippen molar-refractivity contribution in [1.29, 1.82) is 0 Å². The minimum Gasteiger partial charge on any atom is -0.333 e. The van der Waals surface area contributed by atoms with Gasteiger partial charge in [-0.15, -0.1) is 0 Å². The van der Waals surface area contributed by atoms with Crippen LogP contribution in [0.25, 0.3) is 0 Å². The summed E-state index contributed by atoms with van der Waals surface area (Å²) in [4.78, 5) is 4.53. The molecule has 1 N–H and O–H groups in total. The average Bonchev–Trinajstić information content (AvgIpc) is 2.77. The Balaban J connectivity index is 1.66. The van der Waals surface area contributed by atoms with Gasteiger partial charge in [0.1, 0.15) is 0 Å². The zero-order chi connectivity index (χ0) is 12.8. The van der Waals surface area contributed by atoms with Gasteiger partial charge in [-0.3, -0.25) is 0 Å². The maximum Gasteiger partial charge on any atom is 0.0952 e. The Morgan fingerprint density at radius 3 is 2.94 bits per heavy atom. The molecule has 0 spiro atoms. The summed E-state index contributed by atoms with van der Waals surface area (Å²) in [5.74, 6) is 0.826. The molecule has 0 fully saturated rings. The van der Waals surface area contributed by atoms with E-state index < -0.39 is 0 Å². The van der Waals surface area contributed by atoms with E-state index in [1.165, 1.54) is 49.9 Å². The fraction of sp³-hybridized carbons (Fsp3) is 0.800. The number of hydrogen-bond donors (Lipinski definition) is 1. The molecule has 1 aliphatic rings. The highest BCUT2D eigenvalue weighted by Crippen LogP contribution is 2.19. The molecule has 0 saturated carbocycles.